The van der Waals surface area contributed by atoms with Crippen LogP contribution in [-0.4, -0.2) is 24.3 Å². The number of fused-ring (bicyclic) bond motifs is 1. The zero-order chi connectivity index (χ0) is 26.0. The number of sulfonamides is 1. The highest BCUT2D eigenvalue weighted by molar-refractivity contribution is 7.89. The number of pyridine rings is 2. The number of nitrogens with zero attached hydrogens (tertiary/aromatic N) is 2. The van der Waals surface area contributed by atoms with Crippen LogP contribution in [0.5, 0.6) is 0 Å². The van der Waals surface area contributed by atoms with Crippen LogP contribution in [0.3, 0.4) is 0 Å². The van der Waals surface area contributed by atoms with Gasteiger partial charge in [0.25, 0.3) is 5.91 Å². The van der Waals surface area contributed by atoms with E-state index in [1.165, 1.54) is 12.3 Å². The Kier molecular flexibility index (Phi) is 6.39. The summed E-state index contributed by atoms with van der Waals surface area (Å²) in [5.74, 6) is -0.280. The summed E-state index contributed by atoms with van der Waals surface area (Å²) in [4.78, 5) is 21.2. The van der Waals surface area contributed by atoms with Crippen LogP contribution in [0.25, 0.3) is 33.0 Å². The number of nitrogens with one attached hydrogen (secondary N) is 1. The van der Waals surface area contributed by atoms with Crippen LogP contribution < -0.4 is 16.2 Å². The van der Waals surface area contributed by atoms with Crippen molar-refractivity contribution in [1.82, 2.24) is 9.97 Å². The average Bonchev–Trinajstić information content (AvgIpc) is 2.91. The number of benzene rings is 3. The molecular weight excluding hydrogens is 486 g/mol. The van der Waals surface area contributed by atoms with Crippen molar-refractivity contribution in [2.24, 2.45) is 10.9 Å². The van der Waals surface area contributed by atoms with Gasteiger partial charge in [-0.2, -0.15) is 0 Å². The van der Waals surface area contributed by atoms with E-state index in [0.717, 1.165) is 28.3 Å². The molecule has 0 spiro atoms. The van der Waals surface area contributed by atoms with E-state index in [0.29, 0.717) is 28.9 Å². The minimum absolute atomic E-state index is 0.0124. The van der Waals surface area contributed by atoms with Crippen molar-refractivity contribution < 1.29 is 13.2 Å². The molecule has 0 aliphatic rings. The molecule has 0 unspecified atom stereocenters. The zero-order valence-corrected chi connectivity index (χ0v) is 20.4. The van der Waals surface area contributed by atoms with E-state index in [1.54, 1.807) is 0 Å². The van der Waals surface area contributed by atoms with Crippen LogP contribution in [0.2, 0.25) is 0 Å². The maximum atomic E-state index is 12.7. The first kappa shape index (κ1) is 24.1. The Bertz CT molecular complexity index is 1720. The first-order valence-electron chi connectivity index (χ1n) is 11.4. The van der Waals surface area contributed by atoms with Crippen LogP contribution in [-0.2, 0) is 16.6 Å². The number of hydrogen-bond donors (Lipinski definition) is 3. The summed E-state index contributed by atoms with van der Waals surface area (Å²) in [5.41, 5.74) is 9.39. The van der Waals surface area contributed by atoms with Crippen molar-refractivity contribution in [1.29, 1.82) is 0 Å². The standard InChI is InChI=1S/C28H23N5O3S/c29-27(34)26-24(20-14-21(17-31-16-20)37(30,35)36)23-13-7-12-22(19-10-5-2-6-11-19)25(23)28(33-26)32-15-18-8-3-1-4-9-18/h1-14,16-17H,15H2,(H2,29,34)(H,32,33)(H2,30,35,36). The van der Waals surface area contributed by atoms with Crippen LogP contribution >= 0.6 is 0 Å². The van der Waals surface area contributed by atoms with E-state index < -0.39 is 15.9 Å². The molecule has 0 aliphatic heterocycles. The van der Waals surface area contributed by atoms with Crippen LogP contribution in [0.15, 0.2) is 102 Å². The lowest BCUT2D eigenvalue weighted by atomic mass is 9.92. The van der Waals surface area contributed by atoms with Gasteiger partial charge in [-0.25, -0.2) is 18.5 Å². The zero-order valence-electron chi connectivity index (χ0n) is 19.6. The Balaban J connectivity index is 1.82. The van der Waals surface area contributed by atoms with Crippen molar-refractivity contribution in [3.63, 3.8) is 0 Å². The number of primary amides is 1. The smallest absolute Gasteiger partial charge is 0.268 e. The second kappa shape index (κ2) is 9.81. The molecule has 0 fully saturated rings. The average molecular weight is 510 g/mol. The summed E-state index contributed by atoms with van der Waals surface area (Å²) in [5, 5.41) is 10.1. The van der Waals surface area contributed by atoms with E-state index >= 15 is 0 Å². The van der Waals surface area contributed by atoms with Crippen LogP contribution in [0.1, 0.15) is 16.1 Å². The van der Waals surface area contributed by atoms with E-state index in [-0.39, 0.29) is 10.6 Å². The summed E-state index contributed by atoms with van der Waals surface area (Å²) in [6.07, 6.45) is 2.62. The molecule has 184 valence electrons. The highest BCUT2D eigenvalue weighted by atomic mass is 32.2. The van der Waals surface area contributed by atoms with Crippen molar-refractivity contribution in [2.75, 3.05) is 5.32 Å². The molecule has 8 nitrogen and oxygen atoms in total. The minimum Gasteiger partial charge on any atom is -0.365 e. The Morgan fingerprint density at radius 1 is 0.865 bits per heavy atom. The second-order valence-electron chi connectivity index (χ2n) is 8.44. The lowest BCUT2D eigenvalue weighted by molar-refractivity contribution is 0.0996. The number of hydrogen-bond acceptors (Lipinski definition) is 6. The highest BCUT2D eigenvalue weighted by Gasteiger charge is 2.23. The predicted octanol–water partition coefficient (Wildman–Crippen LogP) is 4.32. The molecular formula is C28H23N5O3S. The summed E-state index contributed by atoms with van der Waals surface area (Å²) < 4.78 is 24.1. The van der Waals surface area contributed by atoms with Gasteiger partial charge in [-0.15, -0.1) is 0 Å². The van der Waals surface area contributed by atoms with Gasteiger partial charge in [-0.1, -0.05) is 78.9 Å². The lowest BCUT2D eigenvalue weighted by Gasteiger charge is -2.18. The first-order chi connectivity index (χ1) is 17.8. The molecule has 0 aliphatic carbocycles. The topological polar surface area (TPSA) is 141 Å². The normalized spacial score (nSPS) is 11.4. The quantitative estimate of drug-likeness (QED) is 0.298. The molecule has 0 bridgehead atoms. The highest BCUT2D eigenvalue weighted by Crippen LogP contribution is 2.40. The summed E-state index contributed by atoms with van der Waals surface area (Å²) in [6, 6.07) is 26.7. The fraction of sp³-hybridized carbons (Fsp3) is 0.0357. The van der Waals surface area contributed by atoms with Gasteiger partial charge >= 0.3 is 0 Å². The number of carbonyl (C=O) groups excluding carboxylic acids is 1. The molecule has 2 aromatic heterocycles. The van der Waals surface area contributed by atoms with Crippen LogP contribution in [0, 0.1) is 0 Å². The van der Waals surface area contributed by atoms with Crippen molar-refractivity contribution in [2.45, 2.75) is 11.4 Å². The Labute approximate surface area is 214 Å². The summed E-state index contributed by atoms with van der Waals surface area (Å²) in [7, 11) is -4.03. The Hall–Kier alpha value is -4.60. The number of aromatic nitrogens is 2. The molecule has 37 heavy (non-hydrogen) atoms. The maximum absolute atomic E-state index is 12.7. The van der Waals surface area contributed by atoms with E-state index in [1.807, 2.05) is 78.9 Å². The molecule has 5 aromatic rings. The molecule has 9 heteroatoms. The van der Waals surface area contributed by atoms with Gasteiger partial charge in [-0.05, 0) is 28.1 Å². The molecule has 0 saturated carbocycles. The number of carbonyl (C=O) groups is 1. The first-order valence-corrected chi connectivity index (χ1v) is 13.0. The largest absolute Gasteiger partial charge is 0.365 e. The Morgan fingerprint density at radius 2 is 1.57 bits per heavy atom. The van der Waals surface area contributed by atoms with Crippen molar-refractivity contribution >= 4 is 32.5 Å². The van der Waals surface area contributed by atoms with Gasteiger partial charge in [0, 0.05) is 35.5 Å². The van der Waals surface area contributed by atoms with E-state index in [4.69, 9.17) is 10.9 Å². The van der Waals surface area contributed by atoms with E-state index in [2.05, 4.69) is 15.3 Å². The third kappa shape index (κ3) is 4.90. The van der Waals surface area contributed by atoms with Gasteiger partial charge in [0.2, 0.25) is 10.0 Å². The number of nitrogens with two attached hydrogens (primary N) is 2. The van der Waals surface area contributed by atoms with Gasteiger partial charge in [0.15, 0.2) is 0 Å². The van der Waals surface area contributed by atoms with Crippen molar-refractivity contribution in [3.05, 3.63) is 109 Å². The molecule has 5 rings (SSSR count). The fourth-order valence-corrected chi connectivity index (χ4v) is 4.82. The van der Waals surface area contributed by atoms with E-state index in [9.17, 15) is 13.2 Å². The number of amides is 1. The second-order valence-corrected chi connectivity index (χ2v) is 10.00. The fourth-order valence-electron chi connectivity index (χ4n) is 4.32. The molecule has 2 heterocycles. The monoisotopic (exact) mass is 509 g/mol. The number of anilines is 1. The molecule has 1 amide bonds. The molecule has 3 aromatic carbocycles. The minimum atomic E-state index is -4.03. The van der Waals surface area contributed by atoms with Gasteiger partial charge in [0.05, 0.1) is 0 Å². The number of rotatable bonds is 7. The third-order valence-electron chi connectivity index (χ3n) is 5.98. The van der Waals surface area contributed by atoms with Crippen molar-refractivity contribution in [3.8, 4) is 22.3 Å². The Morgan fingerprint density at radius 3 is 2.24 bits per heavy atom. The molecule has 0 saturated heterocycles. The van der Waals surface area contributed by atoms with Crippen LogP contribution in [0.4, 0.5) is 5.82 Å². The third-order valence-corrected chi connectivity index (χ3v) is 6.86. The summed E-state index contributed by atoms with van der Waals surface area (Å²) >= 11 is 0. The van der Waals surface area contributed by atoms with Gasteiger partial charge in [-0.3, -0.25) is 9.78 Å². The molecule has 5 N–H and O–H groups in total. The summed E-state index contributed by atoms with van der Waals surface area (Å²) in [6.45, 7) is 0.464. The predicted molar refractivity (Wildman–Crippen MR) is 144 cm³/mol. The number of primary sulfonamides is 1. The van der Waals surface area contributed by atoms with Gasteiger partial charge < -0.3 is 11.1 Å². The molecule has 0 atom stereocenters. The SMILES string of the molecule is NC(=O)c1nc(NCc2ccccc2)c2c(-c3ccccc3)cccc2c1-c1cncc(S(N)(=O)=O)c1. The molecule has 0 radical (unpaired) electrons. The maximum Gasteiger partial charge on any atom is 0.268 e. The van der Waals surface area contributed by atoms with Gasteiger partial charge in [0.1, 0.15) is 16.4 Å². The lowest BCUT2D eigenvalue weighted by Crippen LogP contribution is -2.17.